The van der Waals surface area contributed by atoms with Crippen molar-refractivity contribution in [2.75, 3.05) is 26.8 Å². The minimum absolute atomic E-state index is 0.107. The van der Waals surface area contributed by atoms with Gasteiger partial charge in [0.1, 0.15) is 0 Å². The largest absolute Gasteiger partial charge is 0.494 e. The van der Waals surface area contributed by atoms with E-state index in [2.05, 4.69) is 0 Å². The van der Waals surface area contributed by atoms with Crippen molar-refractivity contribution in [3.05, 3.63) is 35.7 Å². The fourth-order valence-corrected chi connectivity index (χ4v) is 2.47. The third kappa shape index (κ3) is 4.04. The number of piperidine rings is 1. The monoisotopic (exact) mass is 293 g/mol. The van der Waals surface area contributed by atoms with Gasteiger partial charge in [0, 0.05) is 25.8 Å². The zero-order valence-electron chi connectivity index (χ0n) is 12.1. The lowest BCUT2D eigenvalue weighted by Gasteiger charge is -2.31. The topological polar surface area (TPSA) is 49.8 Å². The number of hydrogen-bond acceptors (Lipinski definition) is 3. The number of halogens is 1. The highest BCUT2D eigenvalue weighted by molar-refractivity contribution is 5.91. The number of likely N-dealkylation sites (tertiary alicyclic amines) is 1. The van der Waals surface area contributed by atoms with Crippen molar-refractivity contribution in [1.29, 1.82) is 0 Å². The molecule has 21 heavy (non-hydrogen) atoms. The predicted octanol–water partition coefficient (Wildman–Crippen LogP) is 2.08. The van der Waals surface area contributed by atoms with Gasteiger partial charge in [-0.2, -0.15) is 0 Å². The van der Waals surface area contributed by atoms with Gasteiger partial charge in [-0.25, -0.2) is 4.39 Å². The third-order valence-electron chi connectivity index (χ3n) is 3.68. The summed E-state index contributed by atoms with van der Waals surface area (Å²) < 4.78 is 18.4. The summed E-state index contributed by atoms with van der Waals surface area (Å²) in [7, 11) is 1.41. The van der Waals surface area contributed by atoms with E-state index in [1.165, 1.54) is 25.3 Å². The third-order valence-corrected chi connectivity index (χ3v) is 3.68. The molecule has 0 saturated carbocycles. The molecule has 0 spiro atoms. The maximum absolute atomic E-state index is 13.5. The van der Waals surface area contributed by atoms with E-state index in [-0.39, 0.29) is 24.2 Å². The summed E-state index contributed by atoms with van der Waals surface area (Å²) in [5.74, 6) is -0.218. The van der Waals surface area contributed by atoms with Crippen LogP contribution in [0.15, 0.2) is 24.3 Å². The first kappa shape index (κ1) is 15.5. The van der Waals surface area contributed by atoms with Gasteiger partial charge in [0.05, 0.1) is 7.11 Å². The van der Waals surface area contributed by atoms with Gasteiger partial charge in [0.15, 0.2) is 11.6 Å². The molecule has 1 N–H and O–H groups in total. The summed E-state index contributed by atoms with van der Waals surface area (Å²) in [6, 6.07) is 4.55. The van der Waals surface area contributed by atoms with Gasteiger partial charge < -0.3 is 14.7 Å². The quantitative estimate of drug-likeness (QED) is 0.865. The van der Waals surface area contributed by atoms with Crippen LogP contribution in [0.3, 0.4) is 0 Å². The summed E-state index contributed by atoms with van der Waals surface area (Å²) >= 11 is 0. The Morgan fingerprint density at radius 1 is 1.57 bits per heavy atom. The van der Waals surface area contributed by atoms with Crippen LogP contribution in [0.5, 0.6) is 5.75 Å². The fraction of sp³-hybridized carbons (Fsp3) is 0.438. The maximum atomic E-state index is 13.5. The number of aliphatic hydroxyl groups is 1. The van der Waals surface area contributed by atoms with E-state index in [1.54, 1.807) is 17.0 Å². The first-order chi connectivity index (χ1) is 10.1. The Balaban J connectivity index is 2.00. The number of carbonyl (C=O) groups excluding carboxylic acids is 1. The van der Waals surface area contributed by atoms with Crippen molar-refractivity contribution < 1.29 is 19.0 Å². The molecule has 4 nitrogen and oxygen atoms in total. The first-order valence-corrected chi connectivity index (χ1v) is 7.05. The summed E-state index contributed by atoms with van der Waals surface area (Å²) in [4.78, 5) is 13.8. The molecule has 1 heterocycles. The number of carbonyl (C=O) groups is 1. The zero-order chi connectivity index (χ0) is 15.2. The van der Waals surface area contributed by atoms with Gasteiger partial charge in [0.25, 0.3) is 0 Å². The van der Waals surface area contributed by atoms with Crippen molar-refractivity contribution in [1.82, 2.24) is 4.90 Å². The molecule has 1 aliphatic heterocycles. The number of amides is 1. The van der Waals surface area contributed by atoms with Crippen LogP contribution < -0.4 is 4.74 Å². The fourth-order valence-electron chi connectivity index (χ4n) is 2.47. The average Bonchev–Trinajstić information content (AvgIpc) is 2.52. The number of benzene rings is 1. The van der Waals surface area contributed by atoms with E-state index < -0.39 is 5.82 Å². The van der Waals surface area contributed by atoms with Gasteiger partial charge in [-0.05, 0) is 42.5 Å². The summed E-state index contributed by atoms with van der Waals surface area (Å²) in [5.41, 5.74) is 0.609. The van der Waals surface area contributed by atoms with E-state index in [9.17, 15) is 9.18 Å². The van der Waals surface area contributed by atoms with Gasteiger partial charge in [0.2, 0.25) is 5.91 Å². The Morgan fingerprint density at radius 2 is 2.38 bits per heavy atom. The molecule has 1 fully saturated rings. The van der Waals surface area contributed by atoms with Crippen LogP contribution in [0.2, 0.25) is 0 Å². The Kier molecular flexibility index (Phi) is 5.33. The van der Waals surface area contributed by atoms with Gasteiger partial charge >= 0.3 is 0 Å². The van der Waals surface area contributed by atoms with E-state index in [0.29, 0.717) is 18.7 Å². The number of methoxy groups -OCH3 is 1. The molecule has 1 aromatic rings. The van der Waals surface area contributed by atoms with E-state index in [0.717, 1.165) is 12.8 Å². The highest BCUT2D eigenvalue weighted by Crippen LogP contribution is 2.19. The van der Waals surface area contributed by atoms with Crippen LogP contribution in [-0.2, 0) is 4.79 Å². The lowest BCUT2D eigenvalue weighted by atomic mass is 9.99. The molecule has 1 saturated heterocycles. The minimum Gasteiger partial charge on any atom is -0.494 e. The molecule has 1 amide bonds. The summed E-state index contributed by atoms with van der Waals surface area (Å²) in [5, 5.41) is 9.17. The molecular weight excluding hydrogens is 273 g/mol. The van der Waals surface area contributed by atoms with Crippen molar-refractivity contribution in [3.63, 3.8) is 0 Å². The molecule has 0 bridgehead atoms. The summed E-state index contributed by atoms with van der Waals surface area (Å²) in [6.07, 6.45) is 4.89. The molecule has 5 heteroatoms. The second-order valence-corrected chi connectivity index (χ2v) is 5.20. The maximum Gasteiger partial charge on any atom is 0.246 e. The van der Waals surface area contributed by atoms with Crippen LogP contribution in [0, 0.1) is 11.7 Å². The highest BCUT2D eigenvalue weighted by Gasteiger charge is 2.21. The smallest absolute Gasteiger partial charge is 0.246 e. The van der Waals surface area contributed by atoms with Gasteiger partial charge in [-0.15, -0.1) is 0 Å². The normalized spacial score (nSPS) is 19.0. The number of rotatable bonds is 4. The van der Waals surface area contributed by atoms with E-state index >= 15 is 0 Å². The van der Waals surface area contributed by atoms with Crippen molar-refractivity contribution in [2.45, 2.75) is 12.8 Å². The minimum atomic E-state index is -0.453. The van der Waals surface area contributed by atoms with Crippen molar-refractivity contribution >= 4 is 12.0 Å². The van der Waals surface area contributed by atoms with Crippen LogP contribution in [0.1, 0.15) is 18.4 Å². The van der Waals surface area contributed by atoms with Crippen molar-refractivity contribution in [3.8, 4) is 5.75 Å². The number of nitrogens with zero attached hydrogens (tertiary/aromatic N) is 1. The van der Waals surface area contributed by atoms with Gasteiger partial charge in [-0.3, -0.25) is 4.79 Å². The highest BCUT2D eigenvalue weighted by atomic mass is 19.1. The number of aliphatic hydroxyl groups excluding tert-OH is 1. The first-order valence-electron chi connectivity index (χ1n) is 7.05. The lowest BCUT2D eigenvalue weighted by molar-refractivity contribution is -0.127. The molecule has 2 rings (SSSR count). The van der Waals surface area contributed by atoms with E-state index in [4.69, 9.17) is 9.84 Å². The van der Waals surface area contributed by atoms with Crippen molar-refractivity contribution in [2.24, 2.45) is 5.92 Å². The SMILES string of the molecule is COc1ccc(/C=C/C(=O)N2CCCC(CO)C2)cc1F. The van der Waals surface area contributed by atoms with E-state index in [1.807, 2.05) is 0 Å². The van der Waals surface area contributed by atoms with Crippen LogP contribution in [-0.4, -0.2) is 42.7 Å². The van der Waals surface area contributed by atoms with Crippen LogP contribution in [0.25, 0.3) is 6.08 Å². The second-order valence-electron chi connectivity index (χ2n) is 5.20. The molecule has 114 valence electrons. The Labute approximate surface area is 123 Å². The molecular formula is C16H20FNO3. The van der Waals surface area contributed by atoms with Gasteiger partial charge in [-0.1, -0.05) is 6.07 Å². The molecule has 1 unspecified atom stereocenters. The standard InChI is InChI=1S/C16H20FNO3/c1-21-15-6-4-12(9-14(15)17)5-7-16(20)18-8-2-3-13(10-18)11-19/h4-7,9,13,19H,2-3,8,10-11H2,1H3/b7-5+. The molecule has 1 atom stereocenters. The predicted molar refractivity (Wildman–Crippen MR) is 78.4 cm³/mol. The molecule has 1 aliphatic rings. The Hall–Kier alpha value is -1.88. The van der Waals surface area contributed by atoms with Crippen LogP contribution in [0.4, 0.5) is 4.39 Å². The molecule has 1 aromatic carbocycles. The number of ether oxygens (including phenoxy) is 1. The average molecular weight is 293 g/mol. The zero-order valence-corrected chi connectivity index (χ0v) is 12.1. The molecule has 0 aliphatic carbocycles. The second kappa shape index (κ2) is 7.22. The summed E-state index contributed by atoms with van der Waals surface area (Å²) in [6.45, 7) is 1.39. The molecule has 0 aromatic heterocycles. The molecule has 0 radical (unpaired) electrons. The Bertz CT molecular complexity index is 530. The lowest BCUT2D eigenvalue weighted by Crippen LogP contribution is -2.40. The van der Waals surface area contributed by atoms with Crippen LogP contribution >= 0.6 is 0 Å². The number of hydrogen-bond donors (Lipinski definition) is 1. The Morgan fingerprint density at radius 3 is 3.05 bits per heavy atom.